The number of alkyl halides is 4. The van der Waals surface area contributed by atoms with E-state index in [2.05, 4.69) is 20.6 Å². The van der Waals surface area contributed by atoms with Gasteiger partial charge in [0.2, 0.25) is 0 Å². The van der Waals surface area contributed by atoms with Gasteiger partial charge < -0.3 is 20.5 Å². The maximum Gasteiger partial charge on any atom is 0.421 e. The van der Waals surface area contributed by atoms with Crippen LogP contribution >= 0.6 is 0 Å². The average molecular weight is 453 g/mol. The Morgan fingerprint density at radius 2 is 2.09 bits per heavy atom. The normalized spacial score (nSPS) is 21.3. The van der Waals surface area contributed by atoms with Crippen molar-refractivity contribution in [2.45, 2.75) is 37.3 Å². The molecule has 11 heteroatoms. The van der Waals surface area contributed by atoms with Gasteiger partial charge in [0.05, 0.1) is 36.3 Å². The summed E-state index contributed by atoms with van der Waals surface area (Å²) in [6.07, 6.45) is -2.93. The van der Waals surface area contributed by atoms with Gasteiger partial charge in [-0.25, -0.2) is 14.4 Å². The van der Waals surface area contributed by atoms with Crippen molar-refractivity contribution in [3.63, 3.8) is 0 Å². The van der Waals surface area contributed by atoms with Crippen LogP contribution in [-0.4, -0.2) is 58.1 Å². The lowest BCUT2D eigenvalue weighted by molar-refractivity contribution is -0.259. The van der Waals surface area contributed by atoms with Gasteiger partial charge in [-0.1, -0.05) is 6.07 Å². The Kier molecular flexibility index (Phi) is 5.72. The minimum absolute atomic E-state index is 0.140. The molecule has 3 atom stereocenters. The Morgan fingerprint density at radius 3 is 2.78 bits per heavy atom. The number of aromatic nitrogens is 3. The number of hydrogen-bond acceptors (Lipinski definition) is 6. The first kappa shape index (κ1) is 22.3. The van der Waals surface area contributed by atoms with E-state index in [0.29, 0.717) is 49.3 Å². The van der Waals surface area contributed by atoms with E-state index in [1.807, 2.05) is 0 Å². The lowest BCUT2D eigenvalue weighted by Crippen LogP contribution is -2.46. The van der Waals surface area contributed by atoms with Crippen LogP contribution in [0.5, 0.6) is 5.75 Å². The van der Waals surface area contributed by atoms with E-state index in [4.69, 9.17) is 4.74 Å². The minimum atomic E-state index is -4.92. The van der Waals surface area contributed by atoms with Gasteiger partial charge in [-0.15, -0.1) is 0 Å². The molecule has 0 aliphatic carbocycles. The highest BCUT2D eigenvalue weighted by Crippen LogP contribution is 2.43. The van der Waals surface area contributed by atoms with Gasteiger partial charge in [-0.2, -0.15) is 13.2 Å². The summed E-state index contributed by atoms with van der Waals surface area (Å²) in [5.74, 6) is 0.295. The summed E-state index contributed by atoms with van der Waals surface area (Å²) in [4.78, 5) is 8.73. The highest BCUT2D eigenvalue weighted by Gasteiger charge is 2.53. The van der Waals surface area contributed by atoms with Crippen molar-refractivity contribution in [2.24, 2.45) is 0 Å². The van der Waals surface area contributed by atoms with E-state index < -0.39 is 29.6 Å². The topological polar surface area (TPSA) is 83.7 Å². The fraction of sp³-hybridized carbons (Fsp3) is 0.429. The lowest BCUT2D eigenvalue weighted by Gasteiger charge is -2.28. The van der Waals surface area contributed by atoms with Crippen molar-refractivity contribution in [3.05, 3.63) is 42.2 Å². The number of piperidine rings is 1. The molecule has 3 N–H and O–H groups in total. The van der Waals surface area contributed by atoms with E-state index in [1.165, 1.54) is 23.8 Å². The molecule has 3 aromatic rings. The molecule has 0 unspecified atom stereocenters. The van der Waals surface area contributed by atoms with Crippen LogP contribution in [0, 0.1) is 0 Å². The predicted molar refractivity (Wildman–Crippen MR) is 110 cm³/mol. The Hall–Kier alpha value is -2.92. The molecule has 1 aliphatic heterocycles. The molecular weight excluding hydrogens is 430 g/mol. The van der Waals surface area contributed by atoms with Crippen LogP contribution in [0.15, 0.2) is 36.7 Å². The molecule has 0 spiro atoms. The predicted octanol–water partition coefficient (Wildman–Crippen LogP) is 3.29. The summed E-state index contributed by atoms with van der Waals surface area (Å²) in [6.45, 7) is 1.74. The SMILES string of the molecule is COc1cc2ncc(-c3cccc(N[C@H]4CNCC[C@@H]4F)n3)n2cc1[C@@](C)(O)C(F)(F)F. The second kappa shape index (κ2) is 8.21. The summed E-state index contributed by atoms with van der Waals surface area (Å²) < 4.78 is 61.2. The average Bonchev–Trinajstić information content (AvgIpc) is 3.17. The van der Waals surface area contributed by atoms with Crippen molar-refractivity contribution in [3.8, 4) is 17.1 Å². The van der Waals surface area contributed by atoms with Gasteiger partial charge in [-0.3, -0.25) is 4.40 Å². The standard InChI is InChI=1S/C21H23F4N5O2/c1-20(31,21(23,24)25)12-11-30-16(10-27-19(30)8-17(12)32-2)14-4-3-5-18(28-14)29-15-9-26-7-6-13(15)22/h3-5,8,10-11,13,15,26,31H,6-7,9H2,1-2H3,(H,28,29)/t13-,15-,20+/m0/s1. The minimum Gasteiger partial charge on any atom is -0.496 e. The van der Waals surface area contributed by atoms with Crippen molar-refractivity contribution in [2.75, 3.05) is 25.5 Å². The van der Waals surface area contributed by atoms with Crippen molar-refractivity contribution < 1.29 is 27.4 Å². The first-order chi connectivity index (χ1) is 15.1. The Labute approximate surface area is 181 Å². The van der Waals surface area contributed by atoms with E-state index in [0.717, 1.165) is 6.20 Å². The quantitative estimate of drug-likeness (QED) is 0.515. The number of ether oxygens (including phenoxy) is 1. The maximum absolute atomic E-state index is 14.2. The summed E-state index contributed by atoms with van der Waals surface area (Å²) >= 11 is 0. The summed E-state index contributed by atoms with van der Waals surface area (Å²) in [7, 11) is 1.22. The Bertz CT molecular complexity index is 1120. The third-order valence-electron chi connectivity index (χ3n) is 5.65. The summed E-state index contributed by atoms with van der Waals surface area (Å²) in [5.41, 5.74) is -2.45. The number of nitrogens with one attached hydrogen (secondary N) is 2. The molecule has 0 aromatic carbocycles. The first-order valence-corrected chi connectivity index (χ1v) is 10.0. The number of hydrogen-bond donors (Lipinski definition) is 3. The monoisotopic (exact) mass is 453 g/mol. The van der Waals surface area contributed by atoms with E-state index in [-0.39, 0.29) is 5.75 Å². The van der Waals surface area contributed by atoms with E-state index >= 15 is 0 Å². The van der Waals surface area contributed by atoms with Crippen LogP contribution in [0.1, 0.15) is 18.9 Å². The van der Waals surface area contributed by atoms with Crippen LogP contribution in [0.2, 0.25) is 0 Å². The molecule has 32 heavy (non-hydrogen) atoms. The first-order valence-electron chi connectivity index (χ1n) is 10.0. The zero-order valence-corrected chi connectivity index (χ0v) is 17.4. The van der Waals surface area contributed by atoms with Gasteiger partial charge in [0.15, 0.2) is 5.60 Å². The zero-order chi connectivity index (χ0) is 23.1. The summed E-state index contributed by atoms with van der Waals surface area (Å²) in [5, 5.41) is 16.4. The number of fused-ring (bicyclic) bond motifs is 1. The lowest BCUT2D eigenvalue weighted by atomic mass is 9.96. The van der Waals surface area contributed by atoms with Crippen molar-refractivity contribution in [1.29, 1.82) is 0 Å². The van der Waals surface area contributed by atoms with E-state index in [9.17, 15) is 22.7 Å². The van der Waals surface area contributed by atoms with E-state index in [1.54, 1.807) is 18.2 Å². The number of nitrogens with zero attached hydrogens (tertiary/aromatic N) is 3. The molecule has 1 aliphatic rings. The number of pyridine rings is 2. The Morgan fingerprint density at radius 1 is 1.31 bits per heavy atom. The number of rotatable bonds is 5. The van der Waals surface area contributed by atoms with Crippen LogP contribution in [0.3, 0.4) is 0 Å². The number of anilines is 1. The molecule has 0 saturated carbocycles. The van der Waals surface area contributed by atoms with Gasteiger partial charge in [0, 0.05) is 18.8 Å². The maximum atomic E-state index is 14.2. The molecule has 7 nitrogen and oxygen atoms in total. The molecule has 0 bridgehead atoms. The Balaban J connectivity index is 1.75. The fourth-order valence-corrected chi connectivity index (χ4v) is 3.70. The zero-order valence-electron chi connectivity index (χ0n) is 17.4. The van der Waals surface area contributed by atoms with Crippen LogP contribution in [0.4, 0.5) is 23.4 Å². The fourth-order valence-electron chi connectivity index (χ4n) is 3.70. The highest BCUT2D eigenvalue weighted by atomic mass is 19.4. The molecule has 0 amide bonds. The van der Waals surface area contributed by atoms with Crippen molar-refractivity contribution in [1.82, 2.24) is 19.7 Å². The van der Waals surface area contributed by atoms with Gasteiger partial charge in [-0.05, 0) is 32.0 Å². The molecule has 0 radical (unpaired) electrons. The third kappa shape index (κ3) is 3.97. The third-order valence-corrected chi connectivity index (χ3v) is 5.65. The number of methoxy groups -OCH3 is 1. The van der Waals surface area contributed by atoms with Crippen molar-refractivity contribution >= 4 is 11.5 Å². The number of imidazole rings is 1. The van der Waals surface area contributed by atoms with Crippen LogP contribution in [-0.2, 0) is 5.60 Å². The van der Waals surface area contributed by atoms with Crippen LogP contribution in [0.25, 0.3) is 17.0 Å². The molecule has 4 rings (SSSR count). The number of halogens is 4. The molecule has 1 fully saturated rings. The van der Waals surface area contributed by atoms with Gasteiger partial charge >= 0.3 is 6.18 Å². The molecular formula is C21H23F4N5O2. The van der Waals surface area contributed by atoms with Crippen LogP contribution < -0.4 is 15.4 Å². The second-order valence-electron chi connectivity index (χ2n) is 7.86. The smallest absolute Gasteiger partial charge is 0.421 e. The molecule has 1 saturated heterocycles. The molecule has 3 aromatic heterocycles. The highest BCUT2D eigenvalue weighted by molar-refractivity contribution is 5.64. The second-order valence-corrected chi connectivity index (χ2v) is 7.86. The number of aliphatic hydroxyl groups is 1. The van der Waals surface area contributed by atoms with Gasteiger partial charge in [0.25, 0.3) is 0 Å². The largest absolute Gasteiger partial charge is 0.496 e. The van der Waals surface area contributed by atoms with Gasteiger partial charge in [0.1, 0.15) is 23.4 Å². The molecule has 172 valence electrons. The summed E-state index contributed by atoms with van der Waals surface area (Å²) in [6, 6.07) is 5.96. The molecule has 4 heterocycles.